The molecule has 0 aliphatic carbocycles. The normalized spacial score (nSPS) is 18.8. The number of halogens is 1. The van der Waals surface area contributed by atoms with Gasteiger partial charge in [0, 0.05) is 12.6 Å². The summed E-state index contributed by atoms with van der Waals surface area (Å²) in [5.74, 6) is 0. The van der Waals surface area contributed by atoms with Crippen molar-refractivity contribution in [3.8, 4) is 0 Å². The Bertz CT molecular complexity index is 421. The maximum absolute atomic E-state index is 12.2. The Morgan fingerprint density at radius 2 is 1.62 bits per heavy atom. The average molecular weight is 306 g/mol. The van der Waals surface area contributed by atoms with E-state index in [2.05, 4.69) is 9.97 Å². The smallest absolute Gasteiger partial charge is 0.126 e. The number of rotatable bonds is 8. The maximum Gasteiger partial charge on any atom is 0.126 e. The van der Waals surface area contributed by atoms with Crippen molar-refractivity contribution in [3.05, 3.63) is 23.8 Å². The largest absolute Gasteiger partial charge is 0.394 e. The molecule has 120 valence electrons. The van der Waals surface area contributed by atoms with Gasteiger partial charge in [-0.25, -0.2) is 4.39 Å². The Morgan fingerprint density at radius 3 is 2.10 bits per heavy atom. The quantitative estimate of drug-likeness (QED) is 0.308. The van der Waals surface area contributed by atoms with Crippen LogP contribution in [-0.2, 0) is 6.42 Å². The highest BCUT2D eigenvalue weighted by Gasteiger charge is 2.27. The first kappa shape index (κ1) is 17.8. The topological polar surface area (TPSA) is 147 Å². The molecule has 0 saturated carbocycles. The van der Waals surface area contributed by atoms with Gasteiger partial charge in [-0.2, -0.15) is 0 Å². The van der Waals surface area contributed by atoms with Gasteiger partial charge >= 0.3 is 0 Å². The summed E-state index contributed by atoms with van der Waals surface area (Å²) in [6.45, 7) is -1.81. The van der Waals surface area contributed by atoms with E-state index in [0.717, 1.165) is 6.20 Å². The predicted octanol–water partition coefficient (Wildman–Crippen LogP) is -2.54. The monoisotopic (exact) mass is 306 g/mol. The molecule has 0 unspecified atom stereocenters. The van der Waals surface area contributed by atoms with Crippen molar-refractivity contribution in [2.45, 2.75) is 36.9 Å². The van der Waals surface area contributed by atoms with Gasteiger partial charge in [-0.15, -0.1) is 0 Å². The minimum atomic E-state index is -1.74. The second-order valence-electron chi connectivity index (χ2n) is 4.61. The lowest BCUT2D eigenvalue weighted by molar-refractivity contribution is -0.0691. The summed E-state index contributed by atoms with van der Waals surface area (Å²) < 4.78 is 12.2. The van der Waals surface area contributed by atoms with Crippen LogP contribution in [0.1, 0.15) is 17.5 Å². The molecule has 0 bridgehead atoms. The van der Waals surface area contributed by atoms with Gasteiger partial charge in [0.2, 0.25) is 0 Å². The van der Waals surface area contributed by atoms with E-state index in [1.54, 1.807) is 0 Å². The van der Waals surface area contributed by atoms with Crippen molar-refractivity contribution < 1.29 is 35.0 Å². The number of alkyl halides is 1. The third kappa shape index (κ3) is 4.92. The summed E-state index contributed by atoms with van der Waals surface area (Å²) in [5.41, 5.74) is 0.211. The van der Waals surface area contributed by atoms with E-state index < -0.39 is 43.8 Å². The van der Waals surface area contributed by atoms with E-state index >= 15 is 0 Å². The number of hydrogen-bond donors (Lipinski definition) is 6. The summed E-state index contributed by atoms with van der Waals surface area (Å²) in [6, 6.07) is 0. The molecule has 0 aliphatic heterocycles. The molecule has 1 aromatic heterocycles. The summed E-state index contributed by atoms with van der Waals surface area (Å²) >= 11 is 0. The third-order valence-corrected chi connectivity index (χ3v) is 2.95. The lowest BCUT2D eigenvalue weighted by atomic mass is 10.1. The zero-order valence-corrected chi connectivity index (χ0v) is 11.1. The Hall–Kier alpha value is -1.23. The minimum Gasteiger partial charge on any atom is -0.394 e. The van der Waals surface area contributed by atoms with Gasteiger partial charge in [-0.05, 0) is 0 Å². The predicted molar refractivity (Wildman–Crippen MR) is 67.8 cm³/mol. The molecular formula is C12H19FN2O6. The van der Waals surface area contributed by atoms with E-state index in [4.69, 9.17) is 10.2 Å². The molecule has 6 N–H and O–H groups in total. The highest BCUT2D eigenvalue weighted by Crippen LogP contribution is 2.17. The van der Waals surface area contributed by atoms with Crippen molar-refractivity contribution in [1.29, 1.82) is 0 Å². The molecule has 0 radical (unpaired) electrons. The first-order valence-corrected chi connectivity index (χ1v) is 6.28. The number of aliphatic hydroxyl groups is 6. The van der Waals surface area contributed by atoms with E-state index in [1.165, 1.54) is 6.20 Å². The van der Waals surface area contributed by atoms with Crippen molar-refractivity contribution in [1.82, 2.24) is 9.97 Å². The molecule has 1 rings (SSSR count). The summed E-state index contributed by atoms with van der Waals surface area (Å²) in [6.07, 6.45) is -5.38. The zero-order chi connectivity index (χ0) is 16.0. The molecule has 1 heterocycles. The number of hydrogen-bond acceptors (Lipinski definition) is 8. The number of aliphatic hydroxyl groups excluding tert-OH is 6. The molecule has 21 heavy (non-hydrogen) atoms. The van der Waals surface area contributed by atoms with E-state index in [0.29, 0.717) is 0 Å². The first-order valence-electron chi connectivity index (χ1n) is 6.28. The highest BCUT2D eigenvalue weighted by atomic mass is 19.1. The molecule has 1 aromatic rings. The summed E-state index contributed by atoms with van der Waals surface area (Å²) in [7, 11) is 0. The van der Waals surface area contributed by atoms with Gasteiger partial charge < -0.3 is 30.6 Å². The van der Waals surface area contributed by atoms with Gasteiger partial charge in [0.25, 0.3) is 0 Å². The van der Waals surface area contributed by atoms with Crippen molar-refractivity contribution >= 4 is 0 Å². The van der Waals surface area contributed by atoms with Crippen LogP contribution < -0.4 is 0 Å². The van der Waals surface area contributed by atoms with Crippen LogP contribution in [0.3, 0.4) is 0 Å². The molecule has 0 amide bonds. The maximum atomic E-state index is 12.2. The zero-order valence-electron chi connectivity index (χ0n) is 11.1. The van der Waals surface area contributed by atoms with Gasteiger partial charge in [-0.3, -0.25) is 9.97 Å². The van der Waals surface area contributed by atoms with Crippen molar-refractivity contribution in [2.75, 3.05) is 13.3 Å². The van der Waals surface area contributed by atoms with Crippen LogP contribution in [0, 0.1) is 0 Å². The fraction of sp³-hybridized carbons (Fsp3) is 0.667. The average Bonchev–Trinajstić information content (AvgIpc) is 2.52. The van der Waals surface area contributed by atoms with E-state index in [-0.39, 0.29) is 17.8 Å². The minimum absolute atomic E-state index is 0.0687. The lowest BCUT2D eigenvalue weighted by Gasteiger charge is -2.20. The van der Waals surface area contributed by atoms with E-state index in [1.807, 2.05) is 0 Å². The van der Waals surface area contributed by atoms with Crippen LogP contribution in [0.25, 0.3) is 0 Å². The summed E-state index contributed by atoms with van der Waals surface area (Å²) in [4.78, 5) is 7.66. The molecule has 0 fully saturated rings. The second kappa shape index (κ2) is 8.27. The molecule has 9 heteroatoms. The number of nitrogens with zero attached hydrogens (tertiary/aromatic N) is 2. The van der Waals surface area contributed by atoms with Gasteiger partial charge in [0.1, 0.15) is 31.1 Å². The second-order valence-corrected chi connectivity index (χ2v) is 4.61. The third-order valence-electron chi connectivity index (χ3n) is 2.95. The van der Waals surface area contributed by atoms with Crippen LogP contribution in [-0.4, -0.2) is 78.3 Å². The Labute approximate surface area is 120 Å². The van der Waals surface area contributed by atoms with Crippen LogP contribution >= 0.6 is 0 Å². The SMILES string of the molecule is OC[C@@H](O)[C@@H](O)Cc1cnc([C@@H](O)[C@H](O)[C@@H](O)CF)cn1. The number of aromatic nitrogens is 2. The molecule has 0 saturated heterocycles. The molecule has 0 aliphatic rings. The van der Waals surface area contributed by atoms with Crippen molar-refractivity contribution in [3.63, 3.8) is 0 Å². The Balaban J connectivity index is 2.69. The van der Waals surface area contributed by atoms with Gasteiger partial charge in [0.15, 0.2) is 0 Å². The van der Waals surface area contributed by atoms with Crippen LogP contribution in [0.4, 0.5) is 4.39 Å². The van der Waals surface area contributed by atoms with Crippen LogP contribution in [0.2, 0.25) is 0 Å². The fourth-order valence-corrected chi connectivity index (χ4v) is 1.57. The Morgan fingerprint density at radius 1 is 0.952 bits per heavy atom. The highest BCUT2D eigenvalue weighted by molar-refractivity contribution is 5.08. The Kier molecular flexibility index (Phi) is 7.02. The molecule has 0 spiro atoms. The molecular weight excluding hydrogens is 287 g/mol. The standard InChI is InChI=1S/C12H19FN2O6/c13-2-9(18)12(21)11(20)7-4-14-6(3-15-7)1-8(17)10(19)5-16/h3-4,8-12,16-21H,1-2,5H2/t8-,9-,10+,11+,12+/m0/s1. The summed E-state index contributed by atoms with van der Waals surface area (Å²) in [5, 5.41) is 55.6. The van der Waals surface area contributed by atoms with Crippen molar-refractivity contribution in [2.24, 2.45) is 0 Å². The fourth-order valence-electron chi connectivity index (χ4n) is 1.57. The van der Waals surface area contributed by atoms with Gasteiger partial charge in [-0.1, -0.05) is 0 Å². The molecule has 0 aromatic carbocycles. The molecule has 8 nitrogen and oxygen atoms in total. The lowest BCUT2D eigenvalue weighted by Crippen LogP contribution is -2.34. The molecule has 5 atom stereocenters. The van der Waals surface area contributed by atoms with Gasteiger partial charge in [0.05, 0.1) is 30.3 Å². The van der Waals surface area contributed by atoms with Crippen LogP contribution in [0.15, 0.2) is 12.4 Å². The first-order chi connectivity index (χ1) is 9.90. The van der Waals surface area contributed by atoms with E-state index in [9.17, 15) is 24.8 Å². The van der Waals surface area contributed by atoms with Crippen LogP contribution in [0.5, 0.6) is 0 Å².